The fraction of sp³-hybridized carbons (Fsp3) is 0.500. The summed E-state index contributed by atoms with van der Waals surface area (Å²) in [5.74, 6) is 0. The molecule has 1 aromatic rings. The molecule has 64 valence electrons. The molecule has 0 amide bonds. The summed E-state index contributed by atoms with van der Waals surface area (Å²) in [6.45, 7) is 5.67. The lowest BCUT2D eigenvalue weighted by Gasteiger charge is -2.30. The highest BCUT2D eigenvalue weighted by Gasteiger charge is 2.13. The number of aryl methyl sites for hydroxylation is 1. The number of likely N-dealkylation sites (tertiary alicyclic amines) is 1. The summed E-state index contributed by atoms with van der Waals surface area (Å²) in [4.78, 5) is 6.63. The minimum Gasteiger partial charge on any atom is -0.299 e. The van der Waals surface area contributed by atoms with Gasteiger partial charge in [0.25, 0.3) is 0 Å². The number of pyridine rings is 1. The molecule has 1 aliphatic rings. The minimum atomic E-state index is 1.10. The van der Waals surface area contributed by atoms with Gasteiger partial charge in [-0.15, -0.1) is 0 Å². The van der Waals surface area contributed by atoms with Crippen LogP contribution in [0.2, 0.25) is 0 Å². The minimum absolute atomic E-state index is 1.10. The molecule has 12 heavy (non-hydrogen) atoms. The van der Waals surface area contributed by atoms with Gasteiger partial charge in [-0.3, -0.25) is 9.88 Å². The van der Waals surface area contributed by atoms with Crippen molar-refractivity contribution in [2.24, 2.45) is 0 Å². The second-order valence-corrected chi connectivity index (χ2v) is 3.44. The zero-order valence-electron chi connectivity index (χ0n) is 7.45. The van der Waals surface area contributed by atoms with Crippen molar-refractivity contribution in [2.45, 2.75) is 19.9 Å². The topological polar surface area (TPSA) is 16.1 Å². The first-order chi connectivity index (χ1) is 5.84. The molecule has 0 aromatic carbocycles. The molecule has 2 heterocycles. The first-order valence-electron chi connectivity index (χ1n) is 4.48. The molecule has 0 radical (unpaired) electrons. The number of aromatic nitrogens is 1. The Morgan fingerprint density at radius 2 is 2.33 bits per heavy atom. The van der Waals surface area contributed by atoms with Gasteiger partial charge in [-0.1, -0.05) is 0 Å². The van der Waals surface area contributed by atoms with Crippen molar-refractivity contribution in [3.8, 4) is 0 Å². The quantitative estimate of drug-likeness (QED) is 0.656. The van der Waals surface area contributed by atoms with Crippen LogP contribution < -0.4 is 0 Å². The van der Waals surface area contributed by atoms with Crippen LogP contribution in [0.25, 0.3) is 0 Å². The molecule has 0 atom stereocenters. The Bertz CT molecular complexity index is 266. The van der Waals surface area contributed by atoms with E-state index >= 15 is 0 Å². The average Bonchev–Trinajstić information content (AvgIpc) is 1.97. The van der Waals surface area contributed by atoms with Crippen LogP contribution >= 0.6 is 0 Å². The maximum absolute atomic E-state index is 4.17. The molecule has 0 spiro atoms. The summed E-state index contributed by atoms with van der Waals surface area (Å²) in [6.07, 6.45) is 3.26. The molecule has 1 aromatic heterocycles. The van der Waals surface area contributed by atoms with Crippen LogP contribution in [-0.2, 0) is 6.54 Å². The van der Waals surface area contributed by atoms with Crippen LogP contribution in [0.3, 0.4) is 0 Å². The van der Waals surface area contributed by atoms with Crippen molar-refractivity contribution in [1.29, 1.82) is 0 Å². The summed E-state index contributed by atoms with van der Waals surface area (Å²) in [5, 5.41) is 0. The fourth-order valence-corrected chi connectivity index (χ4v) is 1.50. The summed E-state index contributed by atoms with van der Waals surface area (Å²) in [7, 11) is 0. The zero-order chi connectivity index (χ0) is 8.39. The van der Waals surface area contributed by atoms with Crippen molar-refractivity contribution in [1.82, 2.24) is 9.88 Å². The smallest absolute Gasteiger partial charge is 0.0375 e. The lowest BCUT2D eigenvalue weighted by molar-refractivity contribution is 0.172. The number of hydrogen-bond acceptors (Lipinski definition) is 2. The largest absolute Gasteiger partial charge is 0.299 e. The molecule has 2 nitrogen and oxygen atoms in total. The van der Waals surface area contributed by atoms with Crippen molar-refractivity contribution in [3.63, 3.8) is 0 Å². The van der Waals surface area contributed by atoms with Crippen LogP contribution in [-0.4, -0.2) is 23.0 Å². The molecule has 2 heteroatoms. The lowest BCUT2D eigenvalue weighted by atomic mass is 10.1. The second-order valence-electron chi connectivity index (χ2n) is 3.44. The van der Waals surface area contributed by atoms with Gasteiger partial charge in [0, 0.05) is 18.4 Å². The third-order valence-corrected chi connectivity index (χ3v) is 2.32. The van der Waals surface area contributed by atoms with Gasteiger partial charge in [0.05, 0.1) is 0 Å². The van der Waals surface area contributed by atoms with Crippen molar-refractivity contribution in [2.75, 3.05) is 13.1 Å². The van der Waals surface area contributed by atoms with Crippen LogP contribution in [0.15, 0.2) is 18.3 Å². The summed E-state index contributed by atoms with van der Waals surface area (Å²) in [6, 6.07) is 4.27. The Kier molecular flexibility index (Phi) is 2.09. The molecule has 0 saturated carbocycles. The lowest BCUT2D eigenvalue weighted by Crippen LogP contribution is -2.36. The van der Waals surface area contributed by atoms with Crippen LogP contribution in [0.4, 0.5) is 0 Å². The van der Waals surface area contributed by atoms with Crippen molar-refractivity contribution >= 4 is 0 Å². The summed E-state index contributed by atoms with van der Waals surface area (Å²) >= 11 is 0. The summed E-state index contributed by atoms with van der Waals surface area (Å²) in [5.41, 5.74) is 2.51. The van der Waals surface area contributed by atoms with Gasteiger partial charge in [0.2, 0.25) is 0 Å². The van der Waals surface area contributed by atoms with E-state index in [1.54, 1.807) is 0 Å². The van der Waals surface area contributed by atoms with Gasteiger partial charge in [-0.25, -0.2) is 0 Å². The second kappa shape index (κ2) is 3.23. The highest BCUT2D eigenvalue weighted by Crippen LogP contribution is 2.11. The monoisotopic (exact) mass is 162 g/mol. The predicted octanol–water partition coefficient (Wildman–Crippen LogP) is 1.60. The molecule has 1 fully saturated rings. The van der Waals surface area contributed by atoms with E-state index in [4.69, 9.17) is 0 Å². The van der Waals surface area contributed by atoms with Crippen molar-refractivity contribution in [3.05, 3.63) is 29.6 Å². The Morgan fingerprint density at radius 3 is 2.92 bits per heavy atom. The van der Waals surface area contributed by atoms with Gasteiger partial charge in [0.15, 0.2) is 0 Å². The summed E-state index contributed by atoms with van der Waals surface area (Å²) < 4.78 is 0. The third-order valence-electron chi connectivity index (χ3n) is 2.32. The maximum atomic E-state index is 4.17. The van der Waals surface area contributed by atoms with Gasteiger partial charge >= 0.3 is 0 Å². The Morgan fingerprint density at radius 1 is 1.50 bits per heavy atom. The van der Waals surface area contributed by atoms with E-state index in [9.17, 15) is 0 Å². The Hall–Kier alpha value is -0.890. The number of hydrogen-bond donors (Lipinski definition) is 0. The van der Waals surface area contributed by atoms with E-state index in [0.29, 0.717) is 0 Å². The van der Waals surface area contributed by atoms with E-state index in [0.717, 1.165) is 12.2 Å². The SMILES string of the molecule is Cc1cc(CN2CCC2)ccn1. The normalized spacial score (nSPS) is 17.4. The van der Waals surface area contributed by atoms with E-state index in [2.05, 4.69) is 22.0 Å². The third kappa shape index (κ3) is 1.64. The number of rotatable bonds is 2. The van der Waals surface area contributed by atoms with E-state index in [-0.39, 0.29) is 0 Å². The molecular weight excluding hydrogens is 148 g/mol. The van der Waals surface area contributed by atoms with Gasteiger partial charge in [0.1, 0.15) is 0 Å². The van der Waals surface area contributed by atoms with Crippen molar-refractivity contribution < 1.29 is 0 Å². The molecule has 1 aliphatic heterocycles. The molecule has 2 rings (SSSR count). The predicted molar refractivity (Wildman–Crippen MR) is 48.9 cm³/mol. The standard InChI is InChI=1S/C10H14N2/c1-9-7-10(3-4-11-9)8-12-5-2-6-12/h3-4,7H,2,5-6,8H2,1H3. The first kappa shape index (κ1) is 7.74. The van der Waals surface area contributed by atoms with E-state index < -0.39 is 0 Å². The van der Waals surface area contributed by atoms with Gasteiger partial charge < -0.3 is 0 Å². The maximum Gasteiger partial charge on any atom is 0.0375 e. The molecule has 1 saturated heterocycles. The highest BCUT2D eigenvalue weighted by atomic mass is 15.2. The van der Waals surface area contributed by atoms with Crippen LogP contribution in [0.5, 0.6) is 0 Å². The van der Waals surface area contributed by atoms with E-state index in [1.165, 1.54) is 25.1 Å². The van der Waals surface area contributed by atoms with Gasteiger partial charge in [-0.05, 0) is 44.1 Å². The van der Waals surface area contributed by atoms with Crippen LogP contribution in [0, 0.1) is 6.92 Å². The first-order valence-corrected chi connectivity index (χ1v) is 4.48. The molecular formula is C10H14N2. The van der Waals surface area contributed by atoms with E-state index in [1.807, 2.05) is 13.1 Å². The molecule has 0 bridgehead atoms. The molecule has 0 N–H and O–H groups in total. The molecule has 0 unspecified atom stereocenters. The van der Waals surface area contributed by atoms with Gasteiger partial charge in [-0.2, -0.15) is 0 Å². The van der Waals surface area contributed by atoms with Crippen LogP contribution in [0.1, 0.15) is 17.7 Å². The molecule has 0 aliphatic carbocycles. The average molecular weight is 162 g/mol. The fourth-order valence-electron chi connectivity index (χ4n) is 1.50. The Labute approximate surface area is 73.2 Å². The Balaban J connectivity index is 2.02. The number of nitrogens with zero attached hydrogens (tertiary/aromatic N) is 2. The highest BCUT2D eigenvalue weighted by molar-refractivity contribution is 5.15. The zero-order valence-corrected chi connectivity index (χ0v) is 7.45.